The van der Waals surface area contributed by atoms with Crippen LogP contribution in [-0.2, 0) is 14.3 Å². The van der Waals surface area contributed by atoms with Gasteiger partial charge >= 0.3 is 0 Å². The van der Waals surface area contributed by atoms with Gasteiger partial charge in [-0.2, -0.15) is 8.42 Å². The van der Waals surface area contributed by atoms with E-state index in [4.69, 9.17) is 4.18 Å². The number of benzene rings is 1. The van der Waals surface area contributed by atoms with Crippen molar-refractivity contribution in [2.45, 2.75) is 44.5 Å². The van der Waals surface area contributed by atoms with Gasteiger partial charge in [0, 0.05) is 0 Å². The first-order chi connectivity index (χ1) is 8.55. The molecule has 1 saturated carbocycles. The summed E-state index contributed by atoms with van der Waals surface area (Å²) in [4.78, 5) is 0. The Labute approximate surface area is 117 Å². The molecule has 1 aliphatic rings. The van der Waals surface area contributed by atoms with Crippen LogP contribution >= 0.6 is 0 Å². The van der Waals surface area contributed by atoms with E-state index in [1.54, 1.807) is 0 Å². The normalized spacial score (nSPS) is 27.3. The molecule has 1 aromatic rings. The van der Waals surface area contributed by atoms with Gasteiger partial charge in [-0.3, -0.25) is 4.18 Å². The van der Waals surface area contributed by atoms with Crippen LogP contribution in [0.4, 0.5) is 0 Å². The molecule has 0 radical (unpaired) electrons. The second-order valence-electron chi connectivity index (χ2n) is 6.44. The van der Waals surface area contributed by atoms with Crippen LogP contribution in [0.5, 0.6) is 0 Å². The van der Waals surface area contributed by atoms with E-state index in [2.05, 4.69) is 44.3 Å². The molecular weight excluding hydrogens is 276 g/mol. The molecule has 0 N–H and O–H groups in total. The first-order valence-corrected chi connectivity index (χ1v) is 11.4. The summed E-state index contributed by atoms with van der Waals surface area (Å²) in [6, 6.07) is 8.62. The monoisotopic (exact) mass is 298 g/mol. The zero-order chi connectivity index (χ0) is 14.5. The Balaban J connectivity index is 2.21. The van der Waals surface area contributed by atoms with Crippen LogP contribution < -0.4 is 5.19 Å². The summed E-state index contributed by atoms with van der Waals surface area (Å²) in [6.07, 6.45) is 1.97. The predicted octanol–water partition coefficient (Wildman–Crippen LogP) is 2.42. The minimum absolute atomic E-state index is 0.359. The van der Waals surface area contributed by atoms with Crippen molar-refractivity contribution in [3.05, 3.63) is 29.8 Å². The van der Waals surface area contributed by atoms with E-state index in [0.717, 1.165) is 12.7 Å². The number of hydrogen-bond donors (Lipinski definition) is 0. The summed E-state index contributed by atoms with van der Waals surface area (Å²) >= 11 is 0. The molecule has 0 spiro atoms. The van der Waals surface area contributed by atoms with Crippen LogP contribution in [-0.4, -0.2) is 28.3 Å². The molecule has 2 unspecified atom stereocenters. The first-order valence-electron chi connectivity index (χ1n) is 6.52. The Morgan fingerprint density at radius 2 is 1.79 bits per heavy atom. The van der Waals surface area contributed by atoms with Gasteiger partial charge in [-0.15, -0.1) is 0 Å². The summed E-state index contributed by atoms with van der Waals surface area (Å²) in [5, 5.41) is 1.36. The Morgan fingerprint density at radius 1 is 1.26 bits per heavy atom. The molecule has 0 aliphatic heterocycles. The Morgan fingerprint density at radius 3 is 2.26 bits per heavy atom. The van der Waals surface area contributed by atoms with Crippen molar-refractivity contribution in [1.82, 2.24) is 0 Å². The highest BCUT2D eigenvalue weighted by molar-refractivity contribution is 7.86. The van der Waals surface area contributed by atoms with Crippen molar-refractivity contribution in [2.24, 2.45) is 0 Å². The quantitative estimate of drug-likeness (QED) is 0.633. The average molecular weight is 298 g/mol. The maximum absolute atomic E-state index is 11.3. The lowest BCUT2D eigenvalue weighted by molar-refractivity contribution is 0.210. The number of hydrogen-bond acceptors (Lipinski definition) is 3. The summed E-state index contributed by atoms with van der Waals surface area (Å²) < 4.78 is 28.0. The van der Waals surface area contributed by atoms with Crippen LogP contribution in [0.25, 0.3) is 0 Å². The maximum atomic E-state index is 11.3. The predicted molar refractivity (Wildman–Crippen MR) is 81.0 cm³/mol. The van der Waals surface area contributed by atoms with Crippen molar-refractivity contribution in [1.29, 1.82) is 0 Å². The van der Waals surface area contributed by atoms with Crippen molar-refractivity contribution >= 4 is 23.4 Å². The fraction of sp³-hybridized carbons (Fsp3) is 0.571. The third-order valence-corrected chi connectivity index (χ3v) is 9.26. The summed E-state index contributed by atoms with van der Waals surface area (Å²) in [5.41, 5.74) is 1.12. The van der Waals surface area contributed by atoms with Crippen LogP contribution in [0, 0.1) is 6.92 Å². The summed E-state index contributed by atoms with van der Waals surface area (Å²) in [5.74, 6) is 0. The second kappa shape index (κ2) is 4.43. The second-order valence-corrected chi connectivity index (χ2v) is 12.7. The van der Waals surface area contributed by atoms with E-state index in [1.807, 2.05) is 6.92 Å². The van der Waals surface area contributed by atoms with Gasteiger partial charge in [0.15, 0.2) is 0 Å². The van der Waals surface area contributed by atoms with E-state index in [9.17, 15) is 8.42 Å². The van der Waals surface area contributed by atoms with Crippen molar-refractivity contribution in [2.75, 3.05) is 6.26 Å². The van der Waals surface area contributed by atoms with Gasteiger partial charge in [0.25, 0.3) is 10.1 Å². The van der Waals surface area contributed by atoms with Crippen molar-refractivity contribution in [3.8, 4) is 0 Å². The Kier molecular flexibility index (Phi) is 3.44. The van der Waals surface area contributed by atoms with E-state index >= 15 is 0 Å². The zero-order valence-electron chi connectivity index (χ0n) is 12.2. The van der Waals surface area contributed by atoms with E-state index in [-0.39, 0.29) is 0 Å². The average Bonchev–Trinajstić information content (AvgIpc) is 2.88. The third kappa shape index (κ3) is 3.09. The molecule has 1 aromatic carbocycles. The Bertz CT molecular complexity index is 577. The molecule has 3 nitrogen and oxygen atoms in total. The molecule has 2 atom stereocenters. The SMILES string of the molecule is Cc1ccc([Si](C)(C)C2CC2(C)OS(C)(=O)=O)cc1. The minimum atomic E-state index is -3.38. The van der Waals surface area contributed by atoms with Crippen LogP contribution in [0.1, 0.15) is 18.9 Å². The molecular formula is C14H22O3SSi. The van der Waals surface area contributed by atoms with Crippen LogP contribution in [0.3, 0.4) is 0 Å². The van der Waals surface area contributed by atoms with Crippen LogP contribution in [0.15, 0.2) is 24.3 Å². The lowest BCUT2D eigenvalue weighted by Crippen LogP contribution is -2.44. The Hall–Kier alpha value is -0.653. The van der Waals surface area contributed by atoms with Crippen LogP contribution in [0.2, 0.25) is 18.6 Å². The van der Waals surface area contributed by atoms with E-state index in [0.29, 0.717) is 5.54 Å². The number of aryl methyl sites for hydroxylation is 1. The largest absolute Gasteiger partial charge is 0.264 e. The number of rotatable bonds is 4. The zero-order valence-corrected chi connectivity index (χ0v) is 14.0. The fourth-order valence-electron chi connectivity index (χ4n) is 2.99. The molecule has 106 valence electrons. The maximum Gasteiger partial charge on any atom is 0.264 e. The highest BCUT2D eigenvalue weighted by Crippen LogP contribution is 2.58. The standard InChI is InChI=1S/C14H22O3SSi/c1-11-6-8-12(9-7-11)19(4,5)13-10-14(13,2)17-18(3,15)16/h6-9,13H,10H2,1-5H3. The van der Waals surface area contributed by atoms with Gasteiger partial charge in [-0.05, 0) is 25.8 Å². The molecule has 1 fully saturated rings. The van der Waals surface area contributed by atoms with Gasteiger partial charge in [-0.25, -0.2) is 0 Å². The lowest BCUT2D eigenvalue weighted by Gasteiger charge is -2.25. The van der Waals surface area contributed by atoms with E-state index < -0.39 is 23.8 Å². The first kappa shape index (κ1) is 14.7. The molecule has 1 aliphatic carbocycles. The van der Waals surface area contributed by atoms with Gasteiger partial charge in [0.1, 0.15) is 0 Å². The molecule has 0 saturated heterocycles. The fourth-order valence-corrected chi connectivity index (χ4v) is 7.88. The summed E-state index contributed by atoms with van der Waals surface area (Å²) in [6.45, 7) is 8.58. The molecule has 5 heteroatoms. The molecule has 19 heavy (non-hydrogen) atoms. The minimum Gasteiger partial charge on any atom is -0.264 e. The van der Waals surface area contributed by atoms with Gasteiger partial charge in [-0.1, -0.05) is 48.1 Å². The summed E-state index contributed by atoms with van der Waals surface area (Å²) in [7, 11) is -5.07. The van der Waals surface area contributed by atoms with Gasteiger partial charge < -0.3 is 0 Å². The van der Waals surface area contributed by atoms with Crippen molar-refractivity contribution < 1.29 is 12.6 Å². The topological polar surface area (TPSA) is 43.4 Å². The van der Waals surface area contributed by atoms with Gasteiger partial charge in [0.2, 0.25) is 0 Å². The van der Waals surface area contributed by atoms with Crippen molar-refractivity contribution in [3.63, 3.8) is 0 Å². The van der Waals surface area contributed by atoms with E-state index in [1.165, 1.54) is 10.8 Å². The third-order valence-electron chi connectivity index (χ3n) is 4.19. The smallest absolute Gasteiger partial charge is 0.264 e. The highest BCUT2D eigenvalue weighted by Gasteiger charge is 2.61. The van der Waals surface area contributed by atoms with Gasteiger partial charge in [0.05, 0.1) is 19.9 Å². The molecule has 0 amide bonds. The molecule has 2 rings (SSSR count). The molecule has 0 aromatic heterocycles. The lowest BCUT2D eigenvalue weighted by atomic mass is 10.2. The molecule has 0 bridgehead atoms. The molecule has 0 heterocycles. The highest BCUT2D eigenvalue weighted by atomic mass is 32.2.